The minimum atomic E-state index is -1.04. The van der Waals surface area contributed by atoms with Crippen LogP contribution in [-0.2, 0) is 4.79 Å². The van der Waals surface area contributed by atoms with Crippen molar-refractivity contribution in [3.63, 3.8) is 0 Å². The monoisotopic (exact) mass is 383 g/mol. The maximum absolute atomic E-state index is 12.8. The lowest BCUT2D eigenvalue weighted by molar-refractivity contribution is -0.113. The van der Waals surface area contributed by atoms with Gasteiger partial charge in [0.1, 0.15) is 0 Å². The molecule has 0 atom stereocenters. The van der Waals surface area contributed by atoms with Crippen molar-refractivity contribution in [3.05, 3.63) is 70.1 Å². The van der Waals surface area contributed by atoms with E-state index in [1.807, 2.05) is 30.3 Å². The van der Waals surface area contributed by atoms with E-state index in [9.17, 15) is 9.59 Å². The van der Waals surface area contributed by atoms with Crippen LogP contribution in [0.4, 0.5) is 5.69 Å². The van der Waals surface area contributed by atoms with Gasteiger partial charge >= 0.3 is 5.97 Å². The largest absolute Gasteiger partial charge is 0.478 e. The number of carboxylic acids is 1. The zero-order chi connectivity index (χ0) is 18.8. The van der Waals surface area contributed by atoms with Crippen molar-refractivity contribution in [2.75, 3.05) is 4.90 Å². The van der Waals surface area contributed by atoms with Gasteiger partial charge in [-0.3, -0.25) is 9.69 Å². The minimum Gasteiger partial charge on any atom is -0.478 e. The SMILES string of the molecule is CC(C)c1ccc(C=C2SC(=S)N(c3cccc(C(=O)O)c3)C2=O)cc1. The molecule has 0 unspecified atom stereocenters. The van der Waals surface area contributed by atoms with E-state index in [2.05, 4.69) is 13.8 Å². The van der Waals surface area contributed by atoms with E-state index in [0.29, 0.717) is 20.8 Å². The average Bonchev–Trinajstić information content (AvgIpc) is 2.89. The quantitative estimate of drug-likeness (QED) is 0.600. The topological polar surface area (TPSA) is 57.6 Å². The first kappa shape index (κ1) is 18.4. The molecule has 6 heteroatoms. The van der Waals surface area contributed by atoms with E-state index in [1.165, 1.54) is 34.4 Å². The summed E-state index contributed by atoms with van der Waals surface area (Å²) >= 11 is 6.55. The van der Waals surface area contributed by atoms with Crippen LogP contribution in [0.25, 0.3) is 6.08 Å². The first-order valence-electron chi connectivity index (χ1n) is 8.08. The van der Waals surface area contributed by atoms with Crippen LogP contribution in [0, 0.1) is 0 Å². The average molecular weight is 383 g/mol. The Hall–Kier alpha value is -2.44. The molecule has 0 aliphatic carbocycles. The van der Waals surface area contributed by atoms with E-state index < -0.39 is 5.97 Å². The molecule has 1 fully saturated rings. The van der Waals surface area contributed by atoms with Gasteiger partial charge in [-0.15, -0.1) is 0 Å². The fourth-order valence-corrected chi connectivity index (χ4v) is 3.90. The number of carbonyl (C=O) groups is 2. The van der Waals surface area contributed by atoms with Crippen molar-refractivity contribution in [2.24, 2.45) is 0 Å². The summed E-state index contributed by atoms with van der Waals surface area (Å²) in [7, 11) is 0. The van der Waals surface area contributed by atoms with Crippen molar-refractivity contribution in [2.45, 2.75) is 19.8 Å². The van der Waals surface area contributed by atoms with E-state index >= 15 is 0 Å². The number of hydrogen-bond acceptors (Lipinski definition) is 4. The number of carboxylic acid groups (broad SMARTS) is 1. The van der Waals surface area contributed by atoms with Gasteiger partial charge in [-0.05, 0) is 41.3 Å². The summed E-state index contributed by atoms with van der Waals surface area (Å²) in [6.45, 7) is 4.26. The van der Waals surface area contributed by atoms with Gasteiger partial charge in [-0.2, -0.15) is 0 Å². The summed E-state index contributed by atoms with van der Waals surface area (Å²) in [5.74, 6) is -0.836. The lowest BCUT2D eigenvalue weighted by Crippen LogP contribution is -2.27. The normalized spacial score (nSPS) is 16.0. The summed E-state index contributed by atoms with van der Waals surface area (Å²) in [6.07, 6.45) is 1.81. The van der Waals surface area contributed by atoms with Crippen LogP contribution in [0.15, 0.2) is 53.4 Å². The Labute approximate surface area is 161 Å². The van der Waals surface area contributed by atoms with Gasteiger partial charge in [0.05, 0.1) is 16.2 Å². The van der Waals surface area contributed by atoms with Crippen LogP contribution in [0.1, 0.15) is 41.3 Å². The van der Waals surface area contributed by atoms with Crippen LogP contribution in [-0.4, -0.2) is 21.3 Å². The Bertz CT molecular complexity index is 917. The first-order valence-corrected chi connectivity index (χ1v) is 9.30. The number of anilines is 1. The summed E-state index contributed by atoms with van der Waals surface area (Å²) in [6, 6.07) is 14.3. The van der Waals surface area contributed by atoms with Gasteiger partial charge in [-0.25, -0.2) is 4.79 Å². The zero-order valence-electron chi connectivity index (χ0n) is 14.3. The molecular formula is C20H17NO3S2. The highest BCUT2D eigenvalue weighted by Crippen LogP contribution is 2.36. The van der Waals surface area contributed by atoms with Gasteiger partial charge in [0, 0.05) is 0 Å². The highest BCUT2D eigenvalue weighted by atomic mass is 32.2. The Morgan fingerprint density at radius 3 is 2.50 bits per heavy atom. The van der Waals surface area contributed by atoms with Crippen LogP contribution < -0.4 is 4.90 Å². The number of hydrogen-bond donors (Lipinski definition) is 1. The first-order chi connectivity index (χ1) is 12.4. The second-order valence-electron chi connectivity index (χ2n) is 6.19. The fraction of sp³-hybridized carbons (Fsp3) is 0.150. The third-order valence-electron chi connectivity index (χ3n) is 4.05. The number of aromatic carboxylic acids is 1. The molecule has 0 aromatic heterocycles. The maximum atomic E-state index is 12.8. The van der Waals surface area contributed by atoms with Crippen LogP contribution >= 0.6 is 24.0 Å². The van der Waals surface area contributed by atoms with Gasteiger partial charge in [0.25, 0.3) is 5.91 Å². The molecule has 1 amide bonds. The Kier molecular flexibility index (Phi) is 5.25. The molecule has 1 N–H and O–H groups in total. The second kappa shape index (κ2) is 7.43. The summed E-state index contributed by atoms with van der Waals surface area (Å²) in [5.41, 5.74) is 2.74. The summed E-state index contributed by atoms with van der Waals surface area (Å²) in [4.78, 5) is 25.8. The highest BCUT2D eigenvalue weighted by Gasteiger charge is 2.33. The molecule has 132 valence electrons. The van der Waals surface area contributed by atoms with Crippen molar-refractivity contribution in [3.8, 4) is 0 Å². The minimum absolute atomic E-state index is 0.116. The smallest absolute Gasteiger partial charge is 0.335 e. The van der Waals surface area contributed by atoms with E-state index in [4.69, 9.17) is 17.3 Å². The number of carbonyl (C=O) groups excluding carboxylic acids is 1. The molecule has 26 heavy (non-hydrogen) atoms. The molecule has 0 spiro atoms. The summed E-state index contributed by atoms with van der Waals surface area (Å²) in [5, 5.41) is 9.14. The number of thioether (sulfide) groups is 1. The van der Waals surface area contributed by atoms with Crippen LogP contribution in [0.5, 0.6) is 0 Å². The van der Waals surface area contributed by atoms with Gasteiger partial charge < -0.3 is 5.11 Å². The zero-order valence-corrected chi connectivity index (χ0v) is 15.9. The number of rotatable bonds is 4. The predicted octanol–water partition coefficient (Wildman–Crippen LogP) is 4.91. The molecule has 1 saturated heterocycles. The molecule has 2 aromatic carbocycles. The van der Waals surface area contributed by atoms with E-state index in [-0.39, 0.29) is 11.5 Å². The number of benzene rings is 2. The maximum Gasteiger partial charge on any atom is 0.335 e. The second-order valence-corrected chi connectivity index (χ2v) is 7.87. The lowest BCUT2D eigenvalue weighted by atomic mass is 10.0. The predicted molar refractivity (Wildman–Crippen MR) is 110 cm³/mol. The van der Waals surface area contributed by atoms with Crippen LogP contribution in [0.2, 0.25) is 0 Å². The van der Waals surface area contributed by atoms with E-state index in [1.54, 1.807) is 12.1 Å². The molecule has 1 aliphatic rings. The molecule has 2 aromatic rings. The number of nitrogens with zero attached hydrogens (tertiary/aromatic N) is 1. The van der Waals surface area contributed by atoms with Gasteiger partial charge in [0.2, 0.25) is 0 Å². The highest BCUT2D eigenvalue weighted by molar-refractivity contribution is 8.27. The molecule has 3 rings (SSSR count). The Balaban J connectivity index is 1.89. The summed E-state index contributed by atoms with van der Waals surface area (Å²) < 4.78 is 0.391. The van der Waals surface area contributed by atoms with Crippen LogP contribution in [0.3, 0.4) is 0 Å². The number of thiocarbonyl (C=S) groups is 1. The van der Waals surface area contributed by atoms with Crippen molar-refractivity contribution in [1.82, 2.24) is 0 Å². The molecular weight excluding hydrogens is 366 g/mol. The molecule has 1 heterocycles. The Morgan fingerprint density at radius 2 is 1.88 bits per heavy atom. The fourth-order valence-electron chi connectivity index (χ4n) is 2.60. The third kappa shape index (κ3) is 3.71. The molecule has 1 aliphatic heterocycles. The standard InChI is InChI=1S/C20H17NO3S2/c1-12(2)14-8-6-13(7-9-14)10-17-18(22)21(20(25)26-17)16-5-3-4-15(11-16)19(23)24/h3-12H,1-2H3,(H,23,24). The Morgan fingerprint density at radius 1 is 1.19 bits per heavy atom. The van der Waals surface area contributed by atoms with Crippen molar-refractivity contribution < 1.29 is 14.7 Å². The molecule has 4 nitrogen and oxygen atoms in total. The molecule has 0 bridgehead atoms. The van der Waals surface area contributed by atoms with Gasteiger partial charge in [-0.1, -0.05) is 68.2 Å². The third-order valence-corrected chi connectivity index (χ3v) is 5.35. The van der Waals surface area contributed by atoms with Crippen molar-refractivity contribution in [1.29, 1.82) is 0 Å². The van der Waals surface area contributed by atoms with Gasteiger partial charge in [0.15, 0.2) is 4.32 Å². The molecule has 0 radical (unpaired) electrons. The van der Waals surface area contributed by atoms with Crippen molar-refractivity contribution >= 4 is 51.9 Å². The lowest BCUT2D eigenvalue weighted by Gasteiger charge is -2.14. The number of amides is 1. The molecule has 0 saturated carbocycles. The van der Waals surface area contributed by atoms with E-state index in [0.717, 1.165) is 5.56 Å².